The molecule has 17 heavy (non-hydrogen) atoms. The van der Waals surface area contributed by atoms with Crippen molar-refractivity contribution in [3.63, 3.8) is 0 Å². The third-order valence-corrected chi connectivity index (χ3v) is 4.17. The van der Waals surface area contributed by atoms with Crippen LogP contribution in [0, 0.1) is 5.92 Å². The van der Waals surface area contributed by atoms with Crippen LogP contribution in [-0.2, 0) is 13.6 Å². The third kappa shape index (κ3) is 2.72. The number of hydrogen-bond acceptors (Lipinski definition) is 2. The molecule has 1 atom stereocenters. The first-order valence-corrected chi connectivity index (χ1v) is 6.88. The Labute approximate surface area is 104 Å². The summed E-state index contributed by atoms with van der Waals surface area (Å²) in [5.74, 6) is 0.871. The summed E-state index contributed by atoms with van der Waals surface area (Å²) < 4.78 is 2.19. The van der Waals surface area contributed by atoms with Crippen molar-refractivity contribution in [3.8, 4) is 0 Å². The molecule has 0 aromatic carbocycles. The molecule has 0 unspecified atom stereocenters. The first-order chi connectivity index (χ1) is 8.33. The van der Waals surface area contributed by atoms with Gasteiger partial charge >= 0.3 is 0 Å². The highest BCUT2D eigenvalue weighted by molar-refractivity contribution is 5.06. The second kappa shape index (κ2) is 4.83. The van der Waals surface area contributed by atoms with Gasteiger partial charge in [-0.3, -0.25) is 0 Å². The van der Waals surface area contributed by atoms with Crippen LogP contribution < -0.4 is 5.32 Å². The lowest BCUT2D eigenvalue weighted by atomic mass is 10.1. The Morgan fingerprint density at radius 3 is 2.94 bits per heavy atom. The Morgan fingerprint density at radius 2 is 2.24 bits per heavy atom. The Bertz CT molecular complexity index is 367. The van der Waals surface area contributed by atoms with Gasteiger partial charge in [0, 0.05) is 38.1 Å². The van der Waals surface area contributed by atoms with E-state index in [-0.39, 0.29) is 0 Å². The molecule has 1 saturated heterocycles. The Hall–Kier alpha value is -0.800. The maximum atomic E-state index is 3.60. The molecule has 1 aromatic heterocycles. The van der Waals surface area contributed by atoms with Crippen LogP contribution in [0.1, 0.15) is 25.0 Å². The molecule has 94 valence electrons. The van der Waals surface area contributed by atoms with Crippen molar-refractivity contribution in [2.24, 2.45) is 13.0 Å². The fourth-order valence-electron chi connectivity index (χ4n) is 2.89. The lowest BCUT2D eigenvalue weighted by Gasteiger charge is -2.15. The van der Waals surface area contributed by atoms with Gasteiger partial charge in [0.05, 0.1) is 0 Å². The number of hydrogen-bond donors (Lipinski definition) is 1. The van der Waals surface area contributed by atoms with Crippen molar-refractivity contribution < 1.29 is 0 Å². The molecule has 2 heterocycles. The van der Waals surface area contributed by atoms with Gasteiger partial charge in [0.15, 0.2) is 0 Å². The van der Waals surface area contributed by atoms with Crippen molar-refractivity contribution >= 4 is 0 Å². The number of aryl methyl sites for hydroxylation is 1. The van der Waals surface area contributed by atoms with Gasteiger partial charge in [-0.2, -0.15) is 0 Å². The largest absolute Gasteiger partial charge is 0.353 e. The zero-order valence-corrected chi connectivity index (χ0v) is 10.7. The van der Waals surface area contributed by atoms with E-state index in [2.05, 4.69) is 40.2 Å². The van der Waals surface area contributed by atoms with E-state index in [1.165, 1.54) is 44.6 Å². The molecule has 0 amide bonds. The highest BCUT2D eigenvalue weighted by Crippen LogP contribution is 2.31. The van der Waals surface area contributed by atoms with Gasteiger partial charge < -0.3 is 14.8 Å². The SMILES string of the molecule is Cn1cccc1CNC[C@@H]1CCN(C2CC2)C1. The van der Waals surface area contributed by atoms with E-state index >= 15 is 0 Å². The molecule has 0 radical (unpaired) electrons. The summed E-state index contributed by atoms with van der Waals surface area (Å²) >= 11 is 0. The summed E-state index contributed by atoms with van der Waals surface area (Å²) in [4.78, 5) is 2.69. The van der Waals surface area contributed by atoms with Gasteiger partial charge in [-0.15, -0.1) is 0 Å². The van der Waals surface area contributed by atoms with Crippen molar-refractivity contribution in [3.05, 3.63) is 24.0 Å². The Balaban J connectivity index is 1.39. The van der Waals surface area contributed by atoms with Crippen molar-refractivity contribution in [1.29, 1.82) is 0 Å². The van der Waals surface area contributed by atoms with Crippen LogP contribution in [0.25, 0.3) is 0 Å². The molecule has 3 heteroatoms. The van der Waals surface area contributed by atoms with Gasteiger partial charge in [-0.25, -0.2) is 0 Å². The minimum absolute atomic E-state index is 0.871. The Kier molecular flexibility index (Phi) is 3.21. The molecule has 2 fully saturated rings. The molecule has 1 aliphatic heterocycles. The van der Waals surface area contributed by atoms with Gasteiger partial charge in [-0.1, -0.05) is 0 Å². The van der Waals surface area contributed by atoms with E-state index in [1.807, 2.05) is 0 Å². The predicted molar refractivity (Wildman–Crippen MR) is 69.8 cm³/mol. The molecule has 3 rings (SSSR count). The van der Waals surface area contributed by atoms with Gasteiger partial charge in [-0.05, 0) is 50.4 Å². The van der Waals surface area contributed by atoms with Crippen LogP contribution >= 0.6 is 0 Å². The summed E-state index contributed by atoms with van der Waals surface area (Å²) in [6.45, 7) is 4.84. The fourth-order valence-corrected chi connectivity index (χ4v) is 2.89. The normalized spacial score (nSPS) is 25.6. The van der Waals surface area contributed by atoms with E-state index in [9.17, 15) is 0 Å². The fraction of sp³-hybridized carbons (Fsp3) is 0.714. The first kappa shape index (κ1) is 11.3. The van der Waals surface area contributed by atoms with Gasteiger partial charge in [0.2, 0.25) is 0 Å². The lowest BCUT2D eigenvalue weighted by molar-refractivity contribution is 0.311. The molecule has 3 nitrogen and oxygen atoms in total. The molecule has 1 N–H and O–H groups in total. The van der Waals surface area contributed by atoms with E-state index in [1.54, 1.807) is 0 Å². The second-order valence-electron chi connectivity index (χ2n) is 5.62. The maximum Gasteiger partial charge on any atom is 0.0359 e. The summed E-state index contributed by atoms with van der Waals surface area (Å²) in [7, 11) is 2.11. The number of nitrogens with zero attached hydrogens (tertiary/aromatic N) is 2. The van der Waals surface area contributed by atoms with Crippen molar-refractivity contribution in [2.75, 3.05) is 19.6 Å². The predicted octanol–water partition coefficient (Wildman–Crippen LogP) is 1.60. The Morgan fingerprint density at radius 1 is 1.35 bits per heavy atom. The molecule has 1 aromatic rings. The average Bonchev–Trinajstić information content (AvgIpc) is 2.94. The molecule has 2 aliphatic rings. The molecule has 1 saturated carbocycles. The first-order valence-electron chi connectivity index (χ1n) is 6.88. The minimum Gasteiger partial charge on any atom is -0.353 e. The monoisotopic (exact) mass is 233 g/mol. The maximum absolute atomic E-state index is 3.60. The zero-order chi connectivity index (χ0) is 11.7. The van der Waals surface area contributed by atoms with E-state index in [0.717, 1.165) is 18.5 Å². The van der Waals surface area contributed by atoms with E-state index < -0.39 is 0 Å². The van der Waals surface area contributed by atoms with Crippen LogP contribution in [0.3, 0.4) is 0 Å². The number of rotatable bonds is 5. The lowest BCUT2D eigenvalue weighted by Crippen LogP contribution is -2.27. The number of nitrogens with one attached hydrogen (secondary N) is 1. The van der Waals surface area contributed by atoms with Gasteiger partial charge in [0.25, 0.3) is 0 Å². The molecular weight excluding hydrogens is 210 g/mol. The van der Waals surface area contributed by atoms with Crippen molar-refractivity contribution in [1.82, 2.24) is 14.8 Å². The van der Waals surface area contributed by atoms with Crippen LogP contribution in [-0.4, -0.2) is 35.1 Å². The van der Waals surface area contributed by atoms with Crippen molar-refractivity contribution in [2.45, 2.75) is 31.8 Å². The van der Waals surface area contributed by atoms with E-state index in [4.69, 9.17) is 0 Å². The summed E-state index contributed by atoms with van der Waals surface area (Å²) in [6, 6.07) is 5.26. The zero-order valence-electron chi connectivity index (χ0n) is 10.7. The topological polar surface area (TPSA) is 20.2 Å². The summed E-state index contributed by atoms with van der Waals surface area (Å²) in [5, 5.41) is 3.60. The highest BCUT2D eigenvalue weighted by atomic mass is 15.2. The molecule has 0 bridgehead atoms. The second-order valence-corrected chi connectivity index (χ2v) is 5.62. The summed E-state index contributed by atoms with van der Waals surface area (Å²) in [5.41, 5.74) is 1.38. The van der Waals surface area contributed by atoms with Crippen LogP contribution in [0.5, 0.6) is 0 Å². The van der Waals surface area contributed by atoms with Crippen LogP contribution in [0.2, 0.25) is 0 Å². The van der Waals surface area contributed by atoms with E-state index in [0.29, 0.717) is 0 Å². The minimum atomic E-state index is 0.871. The quantitative estimate of drug-likeness (QED) is 0.833. The molecule has 0 spiro atoms. The smallest absolute Gasteiger partial charge is 0.0359 e. The molecular formula is C14H23N3. The summed E-state index contributed by atoms with van der Waals surface area (Å²) in [6.07, 6.45) is 6.39. The molecule has 1 aliphatic carbocycles. The average molecular weight is 233 g/mol. The number of likely N-dealkylation sites (tertiary alicyclic amines) is 1. The van der Waals surface area contributed by atoms with Gasteiger partial charge in [0.1, 0.15) is 0 Å². The standard InChI is InChI=1S/C14H23N3/c1-16-7-2-3-14(16)10-15-9-12-6-8-17(11-12)13-4-5-13/h2-3,7,12-13,15H,4-6,8-11H2,1H3/t12-/m0/s1. The van der Waals surface area contributed by atoms with Crippen LogP contribution in [0.15, 0.2) is 18.3 Å². The third-order valence-electron chi connectivity index (χ3n) is 4.17. The highest BCUT2D eigenvalue weighted by Gasteiger charge is 2.33. The number of aromatic nitrogens is 1. The van der Waals surface area contributed by atoms with Crippen LogP contribution in [0.4, 0.5) is 0 Å².